The number of rotatable bonds is 23. The first-order valence-corrected chi connectivity index (χ1v) is 15.3. The maximum atomic E-state index is 9.87. The molecule has 0 saturated heterocycles. The Morgan fingerprint density at radius 1 is 0.824 bits per heavy atom. The minimum atomic E-state index is -2.10. The molecular formula is C20H37N5O7SSi. The van der Waals surface area contributed by atoms with Crippen LogP contribution in [0.25, 0.3) is 10.4 Å². The van der Waals surface area contributed by atoms with Crippen molar-refractivity contribution in [1.82, 2.24) is 9.97 Å². The molecule has 0 fully saturated rings. The number of hydrogen-bond acceptors (Lipinski definition) is 11. The van der Waals surface area contributed by atoms with E-state index < -0.39 is 8.32 Å². The van der Waals surface area contributed by atoms with E-state index in [1.165, 1.54) is 11.8 Å². The third-order valence-corrected chi connectivity index (χ3v) is 7.64. The molecule has 0 aliphatic heterocycles. The van der Waals surface area contributed by atoms with Gasteiger partial charge in [-0.3, -0.25) is 0 Å². The number of nitrogens with zero attached hydrogens (tertiary/aromatic N) is 5. The van der Waals surface area contributed by atoms with E-state index in [4.69, 9.17) is 34.0 Å². The lowest BCUT2D eigenvalue weighted by atomic mass is 10.4. The Labute approximate surface area is 206 Å². The van der Waals surface area contributed by atoms with Gasteiger partial charge in [-0.2, -0.15) is 0 Å². The molecule has 0 aliphatic rings. The summed E-state index contributed by atoms with van der Waals surface area (Å²) in [5.41, 5.74) is 9.01. The van der Waals surface area contributed by atoms with E-state index >= 15 is 0 Å². The van der Waals surface area contributed by atoms with Crippen LogP contribution in [-0.2, 0) is 35.0 Å². The maximum absolute atomic E-state index is 9.87. The summed E-state index contributed by atoms with van der Waals surface area (Å²) in [5.74, 6) is 0. The predicted octanol–water partition coefficient (Wildman–Crippen LogP) is 2.22. The van der Waals surface area contributed by atoms with Gasteiger partial charge in [0.15, 0.2) is 13.5 Å². The summed E-state index contributed by atoms with van der Waals surface area (Å²) in [7, 11) is -2.10. The summed E-state index contributed by atoms with van der Waals surface area (Å²) >= 11 is 1.48. The molecule has 0 aliphatic carbocycles. The first-order chi connectivity index (χ1) is 16.5. The maximum Gasteiger partial charge on any atom is 0.192 e. The molecule has 1 aromatic heterocycles. The van der Waals surface area contributed by atoms with Crippen LogP contribution in [0.2, 0.25) is 13.1 Å². The van der Waals surface area contributed by atoms with Gasteiger partial charge in [0.25, 0.3) is 0 Å². The molecule has 0 atom stereocenters. The summed E-state index contributed by atoms with van der Waals surface area (Å²) in [6, 6.07) is 0. The molecule has 0 spiro atoms. The normalized spacial score (nSPS) is 11.5. The van der Waals surface area contributed by atoms with E-state index in [2.05, 4.69) is 20.0 Å². The average molecular weight is 520 g/mol. The van der Waals surface area contributed by atoms with Gasteiger partial charge in [-0.25, -0.2) is 9.97 Å². The molecule has 1 heterocycles. The standard InChI is InChI=1S/C20H37N5O7SSi/c1-34(2,26)18-33-20-22-15-19(16-23-20)17-32-14-13-31-12-11-30-10-9-29-8-7-28-6-5-27-4-3-24-25-21/h15-16,26H,3-14,17-18H2,1-2H3. The summed E-state index contributed by atoms with van der Waals surface area (Å²) in [6.45, 7) is 9.78. The lowest BCUT2D eigenvalue weighted by Crippen LogP contribution is -2.29. The summed E-state index contributed by atoms with van der Waals surface area (Å²) in [5, 5.41) is 4.71. The quantitative estimate of drug-likeness (QED) is 0.0433. The van der Waals surface area contributed by atoms with Crippen molar-refractivity contribution >= 4 is 20.1 Å². The van der Waals surface area contributed by atoms with Gasteiger partial charge in [0.05, 0.1) is 79.3 Å². The smallest absolute Gasteiger partial charge is 0.192 e. The zero-order valence-electron chi connectivity index (χ0n) is 20.1. The molecule has 1 N–H and O–H groups in total. The molecule has 34 heavy (non-hydrogen) atoms. The molecule has 1 aromatic rings. The highest BCUT2D eigenvalue weighted by Gasteiger charge is 2.17. The summed E-state index contributed by atoms with van der Waals surface area (Å²) in [4.78, 5) is 21.1. The van der Waals surface area contributed by atoms with Gasteiger partial charge in [0.1, 0.15) is 0 Å². The number of azide groups is 1. The highest BCUT2D eigenvalue weighted by molar-refractivity contribution is 8.00. The van der Waals surface area contributed by atoms with E-state index in [0.717, 1.165) is 5.56 Å². The Kier molecular flexibility index (Phi) is 19.0. The lowest BCUT2D eigenvalue weighted by Gasteiger charge is -2.12. The SMILES string of the molecule is C[Si](C)(O)CSc1ncc(COCCOCCOCCOCCOCCOCCN=[N+]=[N-])cn1. The van der Waals surface area contributed by atoms with E-state index in [1.54, 1.807) is 12.4 Å². The molecule has 0 radical (unpaired) electrons. The fourth-order valence-electron chi connectivity index (χ4n) is 2.17. The van der Waals surface area contributed by atoms with E-state index in [1.807, 2.05) is 13.1 Å². The molecular weight excluding hydrogens is 482 g/mol. The second-order valence-electron chi connectivity index (χ2n) is 7.54. The van der Waals surface area contributed by atoms with Gasteiger partial charge in [-0.1, -0.05) is 16.9 Å². The Hall–Kier alpha value is -1.32. The Morgan fingerprint density at radius 2 is 1.26 bits per heavy atom. The van der Waals surface area contributed by atoms with Crippen molar-refractivity contribution in [3.63, 3.8) is 0 Å². The van der Waals surface area contributed by atoms with E-state index in [0.29, 0.717) is 96.4 Å². The average Bonchev–Trinajstić information content (AvgIpc) is 2.82. The van der Waals surface area contributed by atoms with Crippen LogP contribution in [0.4, 0.5) is 0 Å². The fraction of sp³-hybridized carbons (Fsp3) is 0.800. The van der Waals surface area contributed by atoms with Gasteiger partial charge >= 0.3 is 0 Å². The predicted molar refractivity (Wildman–Crippen MR) is 130 cm³/mol. The number of aromatic nitrogens is 2. The summed E-state index contributed by atoms with van der Waals surface area (Å²) < 4.78 is 32.4. The Bertz CT molecular complexity index is 664. The third-order valence-electron chi connectivity index (χ3n) is 3.76. The van der Waals surface area contributed by atoms with Crippen LogP contribution in [0, 0.1) is 0 Å². The highest BCUT2D eigenvalue weighted by atomic mass is 32.2. The van der Waals surface area contributed by atoms with Crippen LogP contribution in [0.5, 0.6) is 0 Å². The first-order valence-electron chi connectivity index (χ1n) is 11.1. The molecule has 0 saturated carbocycles. The third kappa shape index (κ3) is 20.1. The Balaban J connectivity index is 1.81. The van der Waals surface area contributed by atoms with Crippen LogP contribution in [0.1, 0.15) is 5.56 Å². The van der Waals surface area contributed by atoms with Gasteiger partial charge in [0.2, 0.25) is 0 Å². The molecule has 0 unspecified atom stereocenters. The van der Waals surface area contributed by atoms with Crippen molar-refractivity contribution in [2.45, 2.75) is 24.9 Å². The van der Waals surface area contributed by atoms with Crippen molar-refractivity contribution in [2.75, 3.05) is 84.6 Å². The Morgan fingerprint density at radius 3 is 1.71 bits per heavy atom. The zero-order valence-corrected chi connectivity index (χ0v) is 21.9. The van der Waals surface area contributed by atoms with Crippen LogP contribution in [0.3, 0.4) is 0 Å². The van der Waals surface area contributed by atoms with Gasteiger partial charge < -0.3 is 33.2 Å². The topological polar surface area (TPSA) is 150 Å². The van der Waals surface area contributed by atoms with Crippen molar-refractivity contribution in [3.05, 3.63) is 28.4 Å². The van der Waals surface area contributed by atoms with E-state index in [-0.39, 0.29) is 0 Å². The van der Waals surface area contributed by atoms with Gasteiger partial charge in [-0.15, -0.1) is 0 Å². The van der Waals surface area contributed by atoms with Crippen LogP contribution in [0.15, 0.2) is 22.7 Å². The molecule has 0 bridgehead atoms. The van der Waals surface area contributed by atoms with Crippen molar-refractivity contribution in [1.29, 1.82) is 0 Å². The van der Waals surface area contributed by atoms with Crippen LogP contribution in [-0.4, -0.2) is 108 Å². The molecule has 1 rings (SSSR count). The zero-order chi connectivity index (χ0) is 24.7. The van der Waals surface area contributed by atoms with Gasteiger partial charge in [0, 0.05) is 34.8 Å². The molecule has 194 valence electrons. The minimum absolute atomic E-state index is 0.330. The highest BCUT2D eigenvalue weighted by Crippen LogP contribution is 2.16. The van der Waals surface area contributed by atoms with Crippen LogP contribution >= 0.6 is 11.8 Å². The molecule has 0 aromatic carbocycles. The first kappa shape index (κ1) is 30.7. The second kappa shape index (κ2) is 21.0. The number of ether oxygens (including phenoxy) is 6. The largest absolute Gasteiger partial charge is 0.431 e. The van der Waals surface area contributed by atoms with Crippen molar-refractivity contribution in [2.24, 2.45) is 5.11 Å². The summed E-state index contributed by atoms with van der Waals surface area (Å²) in [6.07, 6.45) is 3.49. The molecule has 0 amide bonds. The van der Waals surface area contributed by atoms with Crippen LogP contribution < -0.4 is 0 Å². The number of thioether (sulfide) groups is 1. The van der Waals surface area contributed by atoms with Crippen molar-refractivity contribution < 1.29 is 33.2 Å². The monoisotopic (exact) mass is 519 g/mol. The van der Waals surface area contributed by atoms with E-state index in [9.17, 15) is 4.80 Å². The minimum Gasteiger partial charge on any atom is -0.431 e. The molecule has 14 heteroatoms. The van der Waals surface area contributed by atoms with Crippen molar-refractivity contribution in [3.8, 4) is 0 Å². The lowest BCUT2D eigenvalue weighted by molar-refractivity contribution is -0.0174. The second-order valence-corrected chi connectivity index (χ2v) is 13.0. The van der Waals surface area contributed by atoms with Gasteiger partial charge in [-0.05, 0) is 18.6 Å². The molecule has 12 nitrogen and oxygen atoms in total. The number of hydrogen-bond donors (Lipinski definition) is 1. The fourth-order valence-corrected chi connectivity index (χ4v) is 4.36.